The largest absolute Gasteiger partial charge is 0.364 e. The van der Waals surface area contributed by atoms with E-state index in [1.165, 1.54) is 11.1 Å². The summed E-state index contributed by atoms with van der Waals surface area (Å²) < 4.78 is 0. The molecule has 0 atom stereocenters. The van der Waals surface area contributed by atoms with Crippen molar-refractivity contribution in [1.29, 1.82) is 0 Å². The van der Waals surface area contributed by atoms with Crippen LogP contribution < -0.4 is 0 Å². The standard InChI is InChI=1S/C18H28O2.C2H6/c1-11-13(15(19)20)9-8-12-10-16(2,3)18(6,7)17(4,5)14(11)12;1-2/h8-9,15,19-20H,10H2,1-7H3;1-2H3. The topological polar surface area (TPSA) is 40.5 Å². The predicted octanol–water partition coefficient (Wildman–Crippen LogP) is 4.89. The van der Waals surface area contributed by atoms with Gasteiger partial charge < -0.3 is 10.2 Å². The minimum absolute atomic E-state index is 0.0148. The highest BCUT2D eigenvalue weighted by Crippen LogP contribution is 2.59. The molecule has 1 aromatic carbocycles. The highest BCUT2D eigenvalue weighted by molar-refractivity contribution is 5.49. The molecule has 0 spiro atoms. The van der Waals surface area contributed by atoms with E-state index in [1.54, 1.807) is 0 Å². The second-order valence-electron chi connectivity index (χ2n) is 8.00. The molecule has 2 heteroatoms. The van der Waals surface area contributed by atoms with E-state index in [-0.39, 0.29) is 16.2 Å². The summed E-state index contributed by atoms with van der Waals surface area (Å²) in [6.45, 7) is 19.9. The van der Waals surface area contributed by atoms with E-state index in [9.17, 15) is 10.2 Å². The molecule has 0 saturated carbocycles. The van der Waals surface area contributed by atoms with E-state index in [4.69, 9.17) is 0 Å². The van der Waals surface area contributed by atoms with Gasteiger partial charge in [-0.3, -0.25) is 0 Å². The summed E-state index contributed by atoms with van der Waals surface area (Å²) in [4.78, 5) is 0. The molecule has 0 heterocycles. The summed E-state index contributed by atoms with van der Waals surface area (Å²) in [5.41, 5.74) is 4.62. The molecule has 0 radical (unpaired) electrons. The molecule has 22 heavy (non-hydrogen) atoms. The first-order valence-corrected chi connectivity index (χ1v) is 8.42. The van der Waals surface area contributed by atoms with Gasteiger partial charge >= 0.3 is 0 Å². The number of aliphatic hydroxyl groups excluding tert-OH is 1. The van der Waals surface area contributed by atoms with Gasteiger partial charge in [-0.15, -0.1) is 0 Å². The number of rotatable bonds is 1. The van der Waals surface area contributed by atoms with Gasteiger partial charge in [-0.05, 0) is 46.3 Å². The third kappa shape index (κ3) is 2.61. The molecule has 0 unspecified atom stereocenters. The quantitative estimate of drug-likeness (QED) is 0.725. The predicted molar refractivity (Wildman–Crippen MR) is 94.0 cm³/mol. The lowest BCUT2D eigenvalue weighted by Crippen LogP contribution is -2.52. The Kier molecular flexibility index (Phi) is 5.21. The molecule has 0 amide bonds. The maximum Gasteiger partial charge on any atom is 0.178 e. The number of fused-ring (bicyclic) bond motifs is 1. The number of benzene rings is 1. The number of hydrogen-bond acceptors (Lipinski definition) is 2. The lowest BCUT2D eigenvalue weighted by atomic mass is 9.47. The van der Waals surface area contributed by atoms with Crippen LogP contribution in [0.4, 0.5) is 0 Å². The van der Waals surface area contributed by atoms with Crippen molar-refractivity contribution < 1.29 is 10.2 Å². The van der Waals surface area contributed by atoms with Crippen LogP contribution in [0.15, 0.2) is 12.1 Å². The minimum atomic E-state index is -1.39. The van der Waals surface area contributed by atoms with E-state index in [2.05, 4.69) is 47.6 Å². The normalized spacial score (nSPS) is 20.9. The molecule has 0 aromatic heterocycles. The number of hydrogen-bond donors (Lipinski definition) is 2. The van der Waals surface area contributed by atoms with Crippen LogP contribution in [0.2, 0.25) is 0 Å². The second kappa shape index (κ2) is 5.98. The first-order valence-electron chi connectivity index (χ1n) is 8.42. The highest BCUT2D eigenvalue weighted by atomic mass is 16.5. The zero-order valence-electron chi connectivity index (χ0n) is 15.8. The van der Waals surface area contributed by atoms with Crippen molar-refractivity contribution >= 4 is 0 Å². The van der Waals surface area contributed by atoms with Gasteiger partial charge in [0.2, 0.25) is 0 Å². The Balaban J connectivity index is 0.00000116. The summed E-state index contributed by atoms with van der Waals surface area (Å²) in [6.07, 6.45) is -0.365. The molecule has 0 bridgehead atoms. The minimum Gasteiger partial charge on any atom is -0.364 e. The first kappa shape index (κ1) is 19.2. The van der Waals surface area contributed by atoms with Crippen LogP contribution in [0.3, 0.4) is 0 Å². The second-order valence-corrected chi connectivity index (χ2v) is 8.00. The fraction of sp³-hybridized carbons (Fsp3) is 0.700. The molecule has 0 aliphatic heterocycles. The van der Waals surface area contributed by atoms with Crippen molar-refractivity contribution in [3.63, 3.8) is 0 Å². The maximum absolute atomic E-state index is 9.56. The molecule has 2 rings (SSSR count). The van der Waals surface area contributed by atoms with Crippen molar-refractivity contribution in [3.8, 4) is 0 Å². The highest BCUT2D eigenvalue weighted by Gasteiger charge is 2.53. The molecule has 2 nitrogen and oxygen atoms in total. The maximum atomic E-state index is 9.56. The van der Waals surface area contributed by atoms with Gasteiger partial charge in [-0.1, -0.05) is 67.5 Å². The van der Waals surface area contributed by atoms with Crippen LogP contribution in [0.5, 0.6) is 0 Å². The number of aliphatic hydroxyl groups is 2. The fourth-order valence-electron chi connectivity index (χ4n) is 3.94. The van der Waals surface area contributed by atoms with Gasteiger partial charge in [0.25, 0.3) is 0 Å². The average Bonchev–Trinajstić information content (AvgIpc) is 2.38. The van der Waals surface area contributed by atoms with Crippen molar-refractivity contribution in [2.24, 2.45) is 10.8 Å². The van der Waals surface area contributed by atoms with E-state index in [0.29, 0.717) is 5.56 Å². The van der Waals surface area contributed by atoms with Gasteiger partial charge in [0, 0.05) is 5.56 Å². The third-order valence-electron chi connectivity index (χ3n) is 6.38. The third-order valence-corrected chi connectivity index (χ3v) is 6.38. The van der Waals surface area contributed by atoms with Crippen molar-refractivity contribution in [3.05, 3.63) is 34.4 Å². The lowest BCUT2D eigenvalue weighted by Gasteiger charge is -2.57. The Morgan fingerprint density at radius 1 is 0.955 bits per heavy atom. The molecule has 1 aliphatic carbocycles. The summed E-state index contributed by atoms with van der Waals surface area (Å²) in [6, 6.07) is 3.94. The average molecular weight is 306 g/mol. The van der Waals surface area contributed by atoms with E-state index >= 15 is 0 Å². The molecule has 1 aromatic rings. The summed E-state index contributed by atoms with van der Waals surface area (Å²) in [7, 11) is 0. The van der Waals surface area contributed by atoms with Gasteiger partial charge in [-0.25, -0.2) is 0 Å². The zero-order chi connectivity index (χ0) is 17.5. The Morgan fingerprint density at radius 3 is 1.91 bits per heavy atom. The lowest BCUT2D eigenvalue weighted by molar-refractivity contribution is -0.0435. The SMILES string of the molecule is CC.Cc1c(C(O)O)ccc2c1C(C)(C)C(C)(C)C(C)(C)C2. The van der Waals surface area contributed by atoms with Gasteiger partial charge in [0.1, 0.15) is 0 Å². The molecule has 2 N–H and O–H groups in total. The summed E-state index contributed by atoms with van der Waals surface area (Å²) in [5, 5.41) is 19.1. The van der Waals surface area contributed by atoms with E-state index in [1.807, 2.05) is 26.8 Å². The van der Waals surface area contributed by atoms with Crippen LogP contribution in [0.25, 0.3) is 0 Å². The molecule has 0 fully saturated rings. The summed E-state index contributed by atoms with van der Waals surface area (Å²) >= 11 is 0. The van der Waals surface area contributed by atoms with Crippen molar-refractivity contribution in [1.82, 2.24) is 0 Å². The molecule has 1 aliphatic rings. The Bertz CT molecular complexity index is 537. The van der Waals surface area contributed by atoms with E-state index in [0.717, 1.165) is 12.0 Å². The fourth-order valence-corrected chi connectivity index (χ4v) is 3.94. The molecule has 0 saturated heterocycles. The Morgan fingerprint density at radius 2 is 1.45 bits per heavy atom. The van der Waals surface area contributed by atoms with Crippen LogP contribution in [-0.2, 0) is 11.8 Å². The molecular weight excluding hydrogens is 272 g/mol. The zero-order valence-corrected chi connectivity index (χ0v) is 15.8. The Labute approximate surface area is 136 Å². The van der Waals surface area contributed by atoms with Crippen molar-refractivity contribution in [2.45, 2.75) is 80.4 Å². The van der Waals surface area contributed by atoms with E-state index < -0.39 is 6.29 Å². The summed E-state index contributed by atoms with van der Waals surface area (Å²) in [5.74, 6) is 0. The van der Waals surface area contributed by atoms with Crippen molar-refractivity contribution in [2.75, 3.05) is 0 Å². The first-order chi connectivity index (χ1) is 9.93. The molecular formula is C20H34O2. The van der Waals surface area contributed by atoms with Gasteiger partial charge in [-0.2, -0.15) is 0 Å². The Hall–Kier alpha value is -0.860. The monoisotopic (exact) mass is 306 g/mol. The smallest absolute Gasteiger partial charge is 0.178 e. The van der Waals surface area contributed by atoms with Crippen LogP contribution in [0, 0.1) is 17.8 Å². The van der Waals surface area contributed by atoms with Gasteiger partial charge in [0.15, 0.2) is 6.29 Å². The molecule has 126 valence electrons. The van der Waals surface area contributed by atoms with Crippen LogP contribution >= 0.6 is 0 Å². The van der Waals surface area contributed by atoms with Crippen LogP contribution in [0.1, 0.15) is 83.9 Å². The van der Waals surface area contributed by atoms with Gasteiger partial charge in [0.05, 0.1) is 0 Å². The van der Waals surface area contributed by atoms with Crippen LogP contribution in [-0.4, -0.2) is 10.2 Å².